The van der Waals surface area contributed by atoms with Crippen LogP contribution < -0.4 is 5.32 Å². The van der Waals surface area contributed by atoms with Crippen molar-refractivity contribution in [3.63, 3.8) is 0 Å². The van der Waals surface area contributed by atoms with Gasteiger partial charge in [-0.2, -0.15) is 4.98 Å². The number of hydrogen-bond donors (Lipinski definition) is 1. The second-order valence-corrected chi connectivity index (χ2v) is 6.92. The van der Waals surface area contributed by atoms with Gasteiger partial charge in [0.15, 0.2) is 5.82 Å². The van der Waals surface area contributed by atoms with Gasteiger partial charge >= 0.3 is 0 Å². The summed E-state index contributed by atoms with van der Waals surface area (Å²) in [7, 11) is 1.90. The summed E-state index contributed by atoms with van der Waals surface area (Å²) in [6, 6.07) is 6.35. The molecule has 1 aromatic carbocycles. The van der Waals surface area contributed by atoms with Gasteiger partial charge in [0.25, 0.3) is 0 Å². The van der Waals surface area contributed by atoms with Crippen LogP contribution in [0.4, 0.5) is 4.39 Å². The monoisotopic (exact) mass is 396 g/mol. The molecule has 0 aliphatic carbocycles. The van der Waals surface area contributed by atoms with E-state index < -0.39 is 0 Å². The zero-order valence-electron chi connectivity index (χ0n) is 15.7. The van der Waals surface area contributed by atoms with Crippen LogP contribution in [-0.2, 0) is 17.6 Å². The smallest absolute Gasteiger partial charge is 0.231 e. The number of rotatable bonds is 6. The molecule has 0 bridgehead atoms. The van der Waals surface area contributed by atoms with Crippen LogP contribution in [0.2, 0.25) is 0 Å². The third kappa shape index (κ3) is 5.74. The van der Waals surface area contributed by atoms with Crippen LogP contribution in [-0.4, -0.2) is 47.1 Å². The number of benzene rings is 1. The molecule has 27 heavy (non-hydrogen) atoms. The van der Waals surface area contributed by atoms with Crippen molar-refractivity contribution < 1.29 is 13.7 Å². The maximum Gasteiger partial charge on any atom is 0.231 e. The van der Waals surface area contributed by atoms with Crippen LogP contribution in [0, 0.1) is 5.82 Å². The predicted molar refractivity (Wildman–Crippen MR) is 102 cm³/mol. The number of likely N-dealkylation sites (tertiary alicyclic amines) is 1. The second kappa shape index (κ2) is 9.80. The quantitative estimate of drug-likeness (QED) is 0.812. The topological polar surface area (TPSA) is 71.3 Å². The van der Waals surface area contributed by atoms with Crippen molar-refractivity contribution in [2.45, 2.75) is 44.6 Å². The fraction of sp³-hybridized carbons (Fsp3) is 0.526. The summed E-state index contributed by atoms with van der Waals surface area (Å²) < 4.78 is 18.4. The molecule has 2 heterocycles. The highest BCUT2D eigenvalue weighted by molar-refractivity contribution is 5.85. The number of carbonyl (C=O) groups is 1. The Bertz CT molecular complexity index is 738. The first-order chi connectivity index (χ1) is 12.5. The molecule has 1 fully saturated rings. The molecule has 1 N–H and O–H groups in total. The third-order valence-corrected chi connectivity index (χ3v) is 4.86. The Kier molecular flexibility index (Phi) is 7.74. The van der Waals surface area contributed by atoms with E-state index in [1.165, 1.54) is 12.1 Å². The number of aromatic nitrogens is 2. The van der Waals surface area contributed by atoms with Crippen LogP contribution >= 0.6 is 12.4 Å². The number of likely N-dealkylation sites (N-methyl/N-ethyl adjacent to an activating group) is 1. The van der Waals surface area contributed by atoms with Crippen molar-refractivity contribution in [1.82, 2.24) is 20.4 Å². The first kappa shape index (κ1) is 21.3. The van der Waals surface area contributed by atoms with Gasteiger partial charge in [-0.3, -0.25) is 4.79 Å². The Labute approximate surface area is 164 Å². The second-order valence-electron chi connectivity index (χ2n) is 6.92. The lowest BCUT2D eigenvalue weighted by atomic mass is 9.97. The van der Waals surface area contributed by atoms with Crippen molar-refractivity contribution in [1.29, 1.82) is 0 Å². The van der Waals surface area contributed by atoms with E-state index in [-0.39, 0.29) is 42.5 Å². The fourth-order valence-electron chi connectivity index (χ4n) is 3.19. The van der Waals surface area contributed by atoms with E-state index in [4.69, 9.17) is 4.52 Å². The van der Waals surface area contributed by atoms with Crippen LogP contribution in [0.15, 0.2) is 28.8 Å². The lowest BCUT2D eigenvalue weighted by molar-refractivity contribution is -0.131. The number of hydrogen-bond acceptors (Lipinski definition) is 5. The summed E-state index contributed by atoms with van der Waals surface area (Å²) in [4.78, 5) is 18.9. The normalized spacial score (nSPS) is 18.0. The molecule has 148 valence electrons. The summed E-state index contributed by atoms with van der Waals surface area (Å²) in [6.45, 7) is 3.38. The van der Waals surface area contributed by atoms with E-state index in [1.54, 1.807) is 12.1 Å². The van der Waals surface area contributed by atoms with E-state index in [0.29, 0.717) is 24.7 Å². The van der Waals surface area contributed by atoms with Gasteiger partial charge < -0.3 is 14.7 Å². The Morgan fingerprint density at radius 3 is 2.85 bits per heavy atom. The highest BCUT2D eigenvalue weighted by Gasteiger charge is 2.28. The summed E-state index contributed by atoms with van der Waals surface area (Å²) in [5, 5.41) is 7.21. The van der Waals surface area contributed by atoms with E-state index in [0.717, 1.165) is 24.9 Å². The number of piperidine rings is 1. The van der Waals surface area contributed by atoms with Crippen molar-refractivity contribution in [2.24, 2.45) is 0 Å². The third-order valence-electron chi connectivity index (χ3n) is 4.86. The SMILES string of the molecule is CNC(C)Cc1noc(C2CCCN(C(=O)Cc3ccc(F)cc3)C2)n1.Cl. The standard InChI is InChI=1S/C19H25FN4O2.ClH/c1-13(21-2)10-17-22-19(26-23-17)15-4-3-9-24(12-15)18(25)11-14-5-7-16(20)8-6-14;/h5-8,13,15,21H,3-4,9-12H2,1-2H3;1H. The Hall–Kier alpha value is -1.99. The van der Waals surface area contributed by atoms with Crippen molar-refractivity contribution in [3.8, 4) is 0 Å². The highest BCUT2D eigenvalue weighted by atomic mass is 35.5. The van der Waals surface area contributed by atoms with Gasteiger partial charge in [-0.15, -0.1) is 12.4 Å². The number of amides is 1. The van der Waals surface area contributed by atoms with E-state index in [9.17, 15) is 9.18 Å². The Morgan fingerprint density at radius 1 is 1.41 bits per heavy atom. The van der Waals surface area contributed by atoms with Crippen molar-refractivity contribution in [2.75, 3.05) is 20.1 Å². The molecular formula is C19H26ClFN4O2. The molecule has 2 atom stereocenters. The van der Waals surface area contributed by atoms with Gasteiger partial charge in [0.2, 0.25) is 11.8 Å². The van der Waals surface area contributed by atoms with Crippen LogP contribution in [0.25, 0.3) is 0 Å². The fourth-order valence-corrected chi connectivity index (χ4v) is 3.19. The minimum atomic E-state index is -0.293. The predicted octanol–water partition coefficient (Wildman–Crippen LogP) is 2.73. The molecule has 2 unspecified atom stereocenters. The molecule has 3 rings (SSSR count). The van der Waals surface area contributed by atoms with Gasteiger partial charge in [-0.1, -0.05) is 17.3 Å². The molecule has 0 radical (unpaired) electrons. The number of halogens is 2. The molecule has 1 saturated heterocycles. The zero-order valence-corrected chi connectivity index (χ0v) is 16.5. The van der Waals surface area contributed by atoms with Crippen molar-refractivity contribution >= 4 is 18.3 Å². The maximum absolute atomic E-state index is 13.0. The van der Waals surface area contributed by atoms with Gasteiger partial charge in [0, 0.05) is 25.6 Å². The first-order valence-corrected chi connectivity index (χ1v) is 9.07. The largest absolute Gasteiger partial charge is 0.342 e. The van der Waals surface area contributed by atoms with E-state index in [1.807, 2.05) is 11.9 Å². The molecule has 1 amide bonds. The maximum atomic E-state index is 13.0. The molecule has 0 saturated carbocycles. The van der Waals surface area contributed by atoms with Crippen LogP contribution in [0.5, 0.6) is 0 Å². The Morgan fingerprint density at radius 2 is 2.15 bits per heavy atom. The number of nitrogens with one attached hydrogen (secondary N) is 1. The highest BCUT2D eigenvalue weighted by Crippen LogP contribution is 2.26. The molecule has 0 spiro atoms. The lowest BCUT2D eigenvalue weighted by Crippen LogP contribution is -2.40. The average Bonchev–Trinajstić information content (AvgIpc) is 3.12. The molecule has 1 aliphatic heterocycles. The van der Waals surface area contributed by atoms with Crippen LogP contribution in [0.1, 0.15) is 43.0 Å². The molecule has 1 aromatic heterocycles. The number of nitrogens with zero attached hydrogens (tertiary/aromatic N) is 3. The molecular weight excluding hydrogens is 371 g/mol. The minimum Gasteiger partial charge on any atom is -0.342 e. The summed E-state index contributed by atoms with van der Waals surface area (Å²) in [5.74, 6) is 1.13. The minimum absolute atomic E-state index is 0. The van der Waals surface area contributed by atoms with Gasteiger partial charge in [-0.05, 0) is 44.5 Å². The summed E-state index contributed by atoms with van der Waals surface area (Å²) in [5.41, 5.74) is 0.819. The van der Waals surface area contributed by atoms with Gasteiger partial charge in [0.05, 0.1) is 12.3 Å². The number of carbonyl (C=O) groups excluding carboxylic acids is 1. The van der Waals surface area contributed by atoms with E-state index >= 15 is 0 Å². The van der Waals surface area contributed by atoms with Crippen molar-refractivity contribution in [3.05, 3.63) is 47.4 Å². The van der Waals surface area contributed by atoms with Crippen LogP contribution in [0.3, 0.4) is 0 Å². The van der Waals surface area contributed by atoms with Gasteiger partial charge in [0.1, 0.15) is 5.82 Å². The summed E-state index contributed by atoms with van der Waals surface area (Å²) >= 11 is 0. The Balaban J connectivity index is 0.00000261. The molecule has 2 aromatic rings. The molecule has 1 aliphatic rings. The molecule has 8 heteroatoms. The average molecular weight is 397 g/mol. The van der Waals surface area contributed by atoms with E-state index in [2.05, 4.69) is 22.4 Å². The first-order valence-electron chi connectivity index (χ1n) is 9.07. The zero-order chi connectivity index (χ0) is 18.5. The lowest BCUT2D eigenvalue weighted by Gasteiger charge is -2.31. The summed E-state index contributed by atoms with van der Waals surface area (Å²) in [6.07, 6.45) is 2.83. The molecule has 6 nitrogen and oxygen atoms in total. The van der Waals surface area contributed by atoms with Gasteiger partial charge in [-0.25, -0.2) is 4.39 Å².